The maximum Gasteiger partial charge on any atom is 0.198 e. The van der Waals surface area contributed by atoms with Crippen molar-refractivity contribution in [1.82, 2.24) is 0 Å². The number of aliphatic hydroxyl groups is 1. The Labute approximate surface area is 176 Å². The maximum absolute atomic E-state index is 13.9. The number of ketones is 1. The molecule has 0 amide bonds. The van der Waals surface area contributed by atoms with Crippen LogP contribution in [-0.4, -0.2) is 20.1 Å². The van der Waals surface area contributed by atoms with Gasteiger partial charge in [-0.05, 0) is 90.7 Å². The highest BCUT2D eigenvalue weighted by molar-refractivity contribution is 14.1. The molecule has 3 rings (SSSR count). The monoisotopic (exact) mass is 500 g/mol. The molecule has 0 spiro atoms. The Bertz CT molecular complexity index is 979. The van der Waals surface area contributed by atoms with Crippen LogP contribution in [-0.2, 0) is 9.53 Å². The zero-order valence-electron chi connectivity index (χ0n) is 15.4. The van der Waals surface area contributed by atoms with Gasteiger partial charge in [0.05, 0.1) is 10.6 Å². The van der Waals surface area contributed by atoms with Gasteiger partial charge in [0.15, 0.2) is 9.39 Å². The van der Waals surface area contributed by atoms with E-state index in [0.29, 0.717) is 11.1 Å². The number of benzene rings is 2. The third-order valence-corrected chi connectivity index (χ3v) is 5.68. The first-order valence-electron chi connectivity index (χ1n) is 8.38. The van der Waals surface area contributed by atoms with E-state index in [4.69, 9.17) is 16.3 Å². The fourth-order valence-electron chi connectivity index (χ4n) is 3.20. The summed E-state index contributed by atoms with van der Waals surface area (Å²) in [5.41, 5.74) is 1.94. The Kier molecular flexibility index (Phi) is 5.16. The molecule has 0 fully saturated rings. The molecule has 0 aliphatic carbocycles. The predicted octanol–water partition coefficient (Wildman–Crippen LogP) is 6.25. The molecular formula is C21H19ClFIO3. The van der Waals surface area contributed by atoms with E-state index >= 15 is 0 Å². The molecule has 1 unspecified atom stereocenters. The average molecular weight is 501 g/mol. The van der Waals surface area contributed by atoms with Crippen molar-refractivity contribution in [2.75, 3.05) is 0 Å². The van der Waals surface area contributed by atoms with Gasteiger partial charge < -0.3 is 9.84 Å². The molecule has 1 heterocycles. The molecule has 6 heteroatoms. The Morgan fingerprint density at radius 1 is 1.11 bits per heavy atom. The minimum Gasteiger partial charge on any atom is -0.508 e. The van der Waals surface area contributed by atoms with Crippen molar-refractivity contribution < 1.29 is 19.0 Å². The molecule has 27 heavy (non-hydrogen) atoms. The third-order valence-electron chi connectivity index (χ3n) is 4.64. The van der Waals surface area contributed by atoms with Crippen LogP contribution in [0.15, 0.2) is 42.2 Å². The van der Waals surface area contributed by atoms with Gasteiger partial charge in [-0.15, -0.1) is 0 Å². The number of halogens is 3. The van der Waals surface area contributed by atoms with Crippen LogP contribution in [0.2, 0.25) is 5.02 Å². The molecule has 0 bridgehead atoms. The number of aliphatic hydroxyl groups excluding tert-OH is 1. The van der Waals surface area contributed by atoms with Crippen LogP contribution in [0.4, 0.5) is 4.39 Å². The molecule has 0 radical (unpaired) electrons. The number of carbonyl (C=O) groups excluding carboxylic acids is 1. The van der Waals surface area contributed by atoms with E-state index < -0.39 is 15.0 Å². The highest BCUT2D eigenvalue weighted by Gasteiger charge is 2.48. The first-order valence-corrected chi connectivity index (χ1v) is 9.84. The number of hydrogen-bond donors (Lipinski definition) is 1. The van der Waals surface area contributed by atoms with Crippen molar-refractivity contribution in [1.29, 1.82) is 0 Å². The van der Waals surface area contributed by atoms with Crippen LogP contribution >= 0.6 is 34.2 Å². The van der Waals surface area contributed by atoms with Crippen LogP contribution in [0.1, 0.15) is 31.9 Å². The van der Waals surface area contributed by atoms with E-state index in [0.717, 1.165) is 11.1 Å². The average Bonchev–Trinajstić information content (AvgIpc) is 2.57. The maximum atomic E-state index is 13.9. The van der Waals surface area contributed by atoms with Crippen LogP contribution in [0.25, 0.3) is 16.7 Å². The van der Waals surface area contributed by atoms with Crippen molar-refractivity contribution in [3.05, 3.63) is 64.1 Å². The van der Waals surface area contributed by atoms with Crippen molar-refractivity contribution in [3.8, 4) is 11.1 Å². The third kappa shape index (κ3) is 3.65. The molecule has 0 saturated carbocycles. The number of carbonyl (C=O) groups is 1. The highest BCUT2D eigenvalue weighted by Crippen LogP contribution is 2.44. The van der Waals surface area contributed by atoms with E-state index in [-0.39, 0.29) is 22.1 Å². The van der Waals surface area contributed by atoms with Gasteiger partial charge in [-0.1, -0.05) is 29.8 Å². The number of alkyl halides is 1. The Morgan fingerprint density at radius 3 is 2.33 bits per heavy atom. The van der Waals surface area contributed by atoms with Gasteiger partial charge in [-0.3, -0.25) is 4.79 Å². The topological polar surface area (TPSA) is 46.5 Å². The first kappa shape index (κ1) is 20.3. The predicted molar refractivity (Wildman–Crippen MR) is 114 cm³/mol. The quantitative estimate of drug-likeness (QED) is 0.391. The largest absolute Gasteiger partial charge is 0.508 e. The Morgan fingerprint density at radius 2 is 1.70 bits per heavy atom. The van der Waals surface area contributed by atoms with E-state index in [1.165, 1.54) is 12.1 Å². The van der Waals surface area contributed by atoms with Gasteiger partial charge >= 0.3 is 0 Å². The van der Waals surface area contributed by atoms with Gasteiger partial charge in [0.25, 0.3) is 0 Å². The van der Waals surface area contributed by atoms with Gasteiger partial charge in [0, 0.05) is 0 Å². The SMILES string of the molecule is Cc1ccc(-c2ccc(Cl)c(F)c2)cc1C1=C(O)C(C)(I)OC(C)(C)C1=O. The molecule has 0 saturated heterocycles. The molecule has 2 aromatic carbocycles. The zero-order chi connectivity index (χ0) is 20.1. The lowest BCUT2D eigenvalue weighted by molar-refractivity contribution is -0.144. The first-order chi connectivity index (χ1) is 12.4. The smallest absolute Gasteiger partial charge is 0.198 e. The second-order valence-electron chi connectivity index (χ2n) is 7.24. The summed E-state index contributed by atoms with van der Waals surface area (Å²) in [5, 5.41) is 10.8. The lowest BCUT2D eigenvalue weighted by Crippen LogP contribution is -2.48. The van der Waals surface area contributed by atoms with Crippen molar-refractivity contribution in [2.45, 2.75) is 36.9 Å². The van der Waals surface area contributed by atoms with Crippen LogP contribution < -0.4 is 0 Å². The minimum atomic E-state index is -1.08. The Balaban J connectivity index is 2.22. The van der Waals surface area contributed by atoms with Gasteiger partial charge in [-0.2, -0.15) is 0 Å². The van der Waals surface area contributed by atoms with Crippen LogP contribution in [0.5, 0.6) is 0 Å². The molecule has 1 atom stereocenters. The van der Waals surface area contributed by atoms with Crippen molar-refractivity contribution >= 4 is 45.5 Å². The van der Waals surface area contributed by atoms with Crippen LogP contribution in [0, 0.1) is 12.7 Å². The van der Waals surface area contributed by atoms with E-state index in [9.17, 15) is 14.3 Å². The van der Waals surface area contributed by atoms with E-state index in [1.807, 2.05) is 41.6 Å². The minimum absolute atomic E-state index is 0.0495. The number of hydrogen-bond acceptors (Lipinski definition) is 3. The van der Waals surface area contributed by atoms with E-state index in [2.05, 4.69) is 0 Å². The Hall–Kier alpha value is -1.44. The van der Waals surface area contributed by atoms with Crippen LogP contribution in [0.3, 0.4) is 0 Å². The second-order valence-corrected chi connectivity index (χ2v) is 9.71. The molecule has 3 nitrogen and oxygen atoms in total. The number of Topliss-reactive ketones (excluding diaryl/α,β-unsaturated/α-hetero) is 1. The van der Waals surface area contributed by atoms with E-state index in [1.54, 1.807) is 32.9 Å². The van der Waals surface area contributed by atoms with Gasteiger partial charge in [0.2, 0.25) is 0 Å². The standard InChI is InChI=1S/C21H19ClFIO3/c1-11-5-6-12(13-7-8-15(22)16(23)10-13)9-14(11)17-18(25)20(2,3)27-21(4,24)19(17)26/h5-10,26H,1-4H3. The lowest BCUT2D eigenvalue weighted by Gasteiger charge is -2.39. The molecular weight excluding hydrogens is 482 g/mol. The second kappa shape index (κ2) is 6.87. The lowest BCUT2D eigenvalue weighted by atomic mass is 9.84. The van der Waals surface area contributed by atoms with Gasteiger partial charge in [0.1, 0.15) is 17.2 Å². The fourth-order valence-corrected chi connectivity index (χ4v) is 4.14. The van der Waals surface area contributed by atoms with Gasteiger partial charge in [-0.25, -0.2) is 4.39 Å². The summed E-state index contributed by atoms with van der Waals surface area (Å²) in [4.78, 5) is 13.0. The number of aryl methyl sites for hydroxylation is 1. The summed E-state index contributed by atoms with van der Waals surface area (Å²) in [6.45, 7) is 6.95. The summed E-state index contributed by atoms with van der Waals surface area (Å²) >= 11 is 7.76. The molecule has 0 aromatic heterocycles. The summed E-state index contributed by atoms with van der Waals surface area (Å²) in [5.74, 6) is -0.923. The summed E-state index contributed by atoms with van der Waals surface area (Å²) in [6.07, 6.45) is 0. The molecule has 1 aliphatic heterocycles. The van der Waals surface area contributed by atoms with Crippen molar-refractivity contribution in [2.24, 2.45) is 0 Å². The number of rotatable bonds is 2. The molecule has 2 aromatic rings. The summed E-state index contributed by atoms with van der Waals surface area (Å²) in [6, 6.07) is 10.0. The number of ether oxygens (including phenoxy) is 1. The molecule has 1 N–H and O–H groups in total. The van der Waals surface area contributed by atoms with Crippen molar-refractivity contribution in [3.63, 3.8) is 0 Å². The molecule has 1 aliphatic rings. The molecule has 142 valence electrons. The summed E-state index contributed by atoms with van der Waals surface area (Å²) in [7, 11) is 0. The normalized spacial score (nSPS) is 22.3. The highest BCUT2D eigenvalue weighted by atomic mass is 127. The fraction of sp³-hybridized carbons (Fsp3) is 0.286. The zero-order valence-corrected chi connectivity index (χ0v) is 18.3. The summed E-state index contributed by atoms with van der Waals surface area (Å²) < 4.78 is 18.6.